The van der Waals surface area contributed by atoms with Crippen molar-refractivity contribution < 1.29 is 19.7 Å². The maximum atomic E-state index is 12.9. The van der Waals surface area contributed by atoms with Crippen LogP contribution in [0.2, 0.25) is 0 Å². The first kappa shape index (κ1) is 28.7. The third-order valence-electron chi connectivity index (χ3n) is 12.4. The van der Waals surface area contributed by atoms with Crippen LogP contribution in [0, 0.1) is 46.3 Å². The second-order valence-corrected chi connectivity index (χ2v) is 14.4. The van der Waals surface area contributed by atoms with Crippen LogP contribution >= 0.6 is 0 Å². The molecule has 0 bridgehead atoms. The van der Waals surface area contributed by atoms with Crippen molar-refractivity contribution in [2.24, 2.45) is 46.3 Å². The molecule has 2 aromatic carbocycles. The first-order chi connectivity index (χ1) is 19.7. The molecule has 0 aromatic heterocycles. The van der Waals surface area contributed by atoms with Crippen molar-refractivity contribution in [3.63, 3.8) is 0 Å². The molecule has 5 nitrogen and oxygen atoms in total. The largest absolute Gasteiger partial charge is 0.457 e. The van der Waals surface area contributed by atoms with Crippen molar-refractivity contribution in [1.29, 1.82) is 0 Å². The Morgan fingerprint density at radius 3 is 2.41 bits per heavy atom. The minimum Gasteiger partial charge on any atom is -0.457 e. The lowest BCUT2D eigenvalue weighted by molar-refractivity contribution is -0.174. The summed E-state index contributed by atoms with van der Waals surface area (Å²) in [5, 5.41) is 25.2. The summed E-state index contributed by atoms with van der Waals surface area (Å²) in [5.74, 6) is 4.84. The number of ether oxygens (including phenoxy) is 1. The van der Waals surface area contributed by atoms with E-state index >= 15 is 0 Å². The van der Waals surface area contributed by atoms with Gasteiger partial charge in [0.2, 0.25) is 5.91 Å². The van der Waals surface area contributed by atoms with Crippen molar-refractivity contribution in [3.05, 3.63) is 54.6 Å². The minimum atomic E-state index is -0.281. The molecule has 3 N–H and O–H groups in total. The molecule has 1 amide bonds. The van der Waals surface area contributed by atoms with Gasteiger partial charge in [0.05, 0.1) is 12.2 Å². The number of nitrogens with one attached hydrogen (secondary N) is 1. The molecule has 5 heteroatoms. The highest BCUT2D eigenvalue weighted by atomic mass is 16.5. The zero-order valence-corrected chi connectivity index (χ0v) is 25.1. The molecular formula is C36H49NO4. The molecule has 4 aliphatic carbocycles. The zero-order chi connectivity index (χ0) is 28.8. The predicted molar refractivity (Wildman–Crippen MR) is 163 cm³/mol. The zero-order valence-electron chi connectivity index (χ0n) is 25.1. The van der Waals surface area contributed by atoms with E-state index in [1.165, 1.54) is 19.3 Å². The highest BCUT2D eigenvalue weighted by Crippen LogP contribution is 2.68. The van der Waals surface area contributed by atoms with Crippen LogP contribution in [0.15, 0.2) is 54.6 Å². The van der Waals surface area contributed by atoms with E-state index in [0.717, 1.165) is 55.7 Å². The van der Waals surface area contributed by atoms with Crippen LogP contribution in [0.1, 0.15) is 85.0 Å². The molecule has 0 radical (unpaired) electrons. The number of carbonyl (C=O) groups excluding carboxylic acids is 1. The highest BCUT2D eigenvalue weighted by Gasteiger charge is 2.63. The number of rotatable bonds is 7. The average Bonchev–Trinajstić information content (AvgIpc) is 3.33. The van der Waals surface area contributed by atoms with Gasteiger partial charge in [0.15, 0.2) is 0 Å². The first-order valence-corrected chi connectivity index (χ1v) is 16.2. The van der Waals surface area contributed by atoms with Crippen molar-refractivity contribution in [2.75, 3.05) is 5.32 Å². The van der Waals surface area contributed by atoms with E-state index < -0.39 is 0 Å². The number of para-hydroxylation sites is 1. The summed E-state index contributed by atoms with van der Waals surface area (Å²) >= 11 is 0. The van der Waals surface area contributed by atoms with E-state index in [-0.39, 0.29) is 28.9 Å². The molecule has 0 heterocycles. The van der Waals surface area contributed by atoms with Gasteiger partial charge in [-0.05, 0) is 141 Å². The Balaban J connectivity index is 1.05. The van der Waals surface area contributed by atoms with Crippen LogP contribution < -0.4 is 10.1 Å². The standard InChI is InChI=1S/C36H49NO4/c1-23(9-18-34(40)37-25-11-13-28(14-12-25)41-27-7-5-4-6-8-27)30-16-17-31-29-15-10-24-21-26(38)19-20-35(24,2)32(29)22-33(39)36(30,31)3/h4-8,11-14,23-24,26,29-33,38-39H,9-10,15-22H2,1-3H3,(H,37,40)/t23-,24+,26-,29+,30+,31-,32-,33+,35+,36-/m1/s1. The normalized spacial score (nSPS) is 38.7. The second kappa shape index (κ2) is 11.4. The third-order valence-corrected chi connectivity index (χ3v) is 12.4. The second-order valence-electron chi connectivity index (χ2n) is 14.4. The minimum absolute atomic E-state index is 0.0447. The third kappa shape index (κ3) is 5.33. The number of fused-ring (bicyclic) bond motifs is 5. The monoisotopic (exact) mass is 559 g/mol. The maximum absolute atomic E-state index is 12.9. The van der Waals surface area contributed by atoms with Gasteiger partial charge in [-0.25, -0.2) is 0 Å². The Bertz CT molecular complexity index is 1200. The summed E-state index contributed by atoms with van der Waals surface area (Å²) in [4.78, 5) is 12.9. The lowest BCUT2D eigenvalue weighted by Crippen LogP contribution is -2.58. The van der Waals surface area contributed by atoms with E-state index in [1.807, 2.05) is 54.6 Å². The van der Waals surface area contributed by atoms with Crippen LogP contribution in [-0.2, 0) is 4.79 Å². The van der Waals surface area contributed by atoms with Crippen LogP contribution in [0.3, 0.4) is 0 Å². The number of hydrogen-bond donors (Lipinski definition) is 3. The molecule has 6 rings (SSSR count). The van der Waals surface area contributed by atoms with Gasteiger partial charge in [0.25, 0.3) is 0 Å². The van der Waals surface area contributed by atoms with Gasteiger partial charge < -0.3 is 20.3 Å². The molecule has 4 aliphatic rings. The van der Waals surface area contributed by atoms with E-state index in [4.69, 9.17) is 4.74 Å². The van der Waals surface area contributed by atoms with Gasteiger partial charge >= 0.3 is 0 Å². The number of amides is 1. The van der Waals surface area contributed by atoms with Gasteiger partial charge in [-0.2, -0.15) is 0 Å². The number of carbonyl (C=O) groups is 1. The summed E-state index contributed by atoms with van der Waals surface area (Å²) < 4.78 is 5.86. The molecule has 2 aromatic rings. The maximum Gasteiger partial charge on any atom is 0.224 e. The fraction of sp³-hybridized carbons (Fsp3) is 0.639. The molecule has 222 valence electrons. The Kier molecular flexibility index (Phi) is 7.97. The van der Waals surface area contributed by atoms with Crippen molar-refractivity contribution in [2.45, 2.75) is 97.2 Å². The molecule has 4 saturated carbocycles. The Morgan fingerprint density at radius 2 is 1.66 bits per heavy atom. The van der Waals surface area contributed by atoms with E-state index in [1.54, 1.807) is 0 Å². The fourth-order valence-electron chi connectivity index (χ4n) is 10.2. The first-order valence-electron chi connectivity index (χ1n) is 16.2. The number of anilines is 1. The SMILES string of the molecule is C[C@H](CCC(=O)Nc1ccc(Oc2ccccc2)cc1)[C@@H]1CC[C@@H]2[C@@H]3CC[C@H]4C[C@H](O)CC[C@]4(C)[C@@H]3C[C@H](O)[C@@]21C. The Morgan fingerprint density at radius 1 is 0.927 bits per heavy atom. The summed E-state index contributed by atoms with van der Waals surface area (Å²) in [6.45, 7) is 7.17. The Hall–Kier alpha value is -2.37. The molecule has 41 heavy (non-hydrogen) atoms. The summed E-state index contributed by atoms with van der Waals surface area (Å²) in [6.07, 6.45) is 9.65. The van der Waals surface area contributed by atoms with E-state index in [0.29, 0.717) is 41.9 Å². The molecular weight excluding hydrogens is 510 g/mol. The molecule has 0 saturated heterocycles. The fourth-order valence-corrected chi connectivity index (χ4v) is 10.2. The number of aliphatic hydroxyl groups is 2. The average molecular weight is 560 g/mol. The van der Waals surface area contributed by atoms with Gasteiger partial charge in [0.1, 0.15) is 11.5 Å². The van der Waals surface area contributed by atoms with Crippen LogP contribution in [0.25, 0.3) is 0 Å². The molecule has 0 aliphatic heterocycles. The van der Waals surface area contributed by atoms with Crippen molar-refractivity contribution in [1.82, 2.24) is 0 Å². The smallest absolute Gasteiger partial charge is 0.224 e. The van der Waals surface area contributed by atoms with E-state index in [2.05, 4.69) is 26.1 Å². The highest BCUT2D eigenvalue weighted by molar-refractivity contribution is 5.90. The molecule has 10 atom stereocenters. The van der Waals surface area contributed by atoms with Gasteiger partial charge in [0, 0.05) is 12.1 Å². The van der Waals surface area contributed by atoms with Crippen LogP contribution in [0.4, 0.5) is 5.69 Å². The molecule has 0 unspecified atom stereocenters. The molecule has 4 fully saturated rings. The van der Waals surface area contributed by atoms with Gasteiger partial charge in [-0.3, -0.25) is 4.79 Å². The Labute approximate surface area is 246 Å². The number of hydrogen-bond acceptors (Lipinski definition) is 4. The lowest BCUT2D eigenvalue weighted by Gasteiger charge is -2.62. The quantitative estimate of drug-likeness (QED) is 0.323. The van der Waals surface area contributed by atoms with Crippen molar-refractivity contribution in [3.8, 4) is 11.5 Å². The van der Waals surface area contributed by atoms with Crippen molar-refractivity contribution >= 4 is 11.6 Å². The van der Waals surface area contributed by atoms with E-state index in [9.17, 15) is 15.0 Å². The summed E-state index contributed by atoms with van der Waals surface area (Å²) in [6, 6.07) is 17.2. The summed E-state index contributed by atoms with van der Waals surface area (Å²) in [7, 11) is 0. The van der Waals surface area contributed by atoms with Crippen LogP contribution in [-0.4, -0.2) is 28.3 Å². The van der Waals surface area contributed by atoms with Gasteiger partial charge in [-0.15, -0.1) is 0 Å². The van der Waals surface area contributed by atoms with Gasteiger partial charge in [-0.1, -0.05) is 39.0 Å². The number of aliphatic hydroxyl groups excluding tert-OH is 2. The molecule has 0 spiro atoms. The van der Waals surface area contributed by atoms with Crippen LogP contribution in [0.5, 0.6) is 11.5 Å². The topological polar surface area (TPSA) is 78.8 Å². The lowest BCUT2D eigenvalue weighted by atomic mass is 9.43. The number of benzene rings is 2. The summed E-state index contributed by atoms with van der Waals surface area (Å²) in [5.41, 5.74) is 0.977. The predicted octanol–water partition coefficient (Wildman–Crippen LogP) is 7.82.